The molecule has 0 N–H and O–H groups in total. The first-order valence-electron chi connectivity index (χ1n) is 10.4. The van der Waals surface area contributed by atoms with E-state index in [9.17, 15) is 0 Å². The fraction of sp³-hybridized carbons (Fsp3) is 0.259. The predicted molar refractivity (Wildman–Crippen MR) is 127 cm³/mol. The second kappa shape index (κ2) is 9.47. The maximum absolute atomic E-state index is 4.88. The lowest BCUT2D eigenvalue weighted by molar-refractivity contribution is 1.07. The van der Waals surface area contributed by atoms with Crippen molar-refractivity contribution in [2.45, 2.75) is 47.5 Å². The average molecular weight is 383 g/mol. The largest absolute Gasteiger partial charge is 0.256 e. The summed E-state index contributed by atoms with van der Waals surface area (Å²) in [5, 5.41) is 0. The van der Waals surface area contributed by atoms with Crippen LogP contribution in [0, 0.1) is 20.8 Å². The summed E-state index contributed by atoms with van der Waals surface area (Å²) < 4.78 is 0. The van der Waals surface area contributed by atoms with Crippen molar-refractivity contribution in [1.29, 1.82) is 0 Å². The summed E-state index contributed by atoms with van der Waals surface area (Å²) in [6.07, 6.45) is 5.83. The minimum absolute atomic E-state index is 0.955. The Morgan fingerprint density at radius 1 is 0.621 bits per heavy atom. The van der Waals surface area contributed by atoms with E-state index in [1.54, 1.807) is 0 Å². The first-order chi connectivity index (χ1) is 14.0. The fourth-order valence-corrected chi connectivity index (χ4v) is 3.42. The topological polar surface area (TPSA) is 24.7 Å². The van der Waals surface area contributed by atoms with Crippen LogP contribution in [0.2, 0.25) is 0 Å². The monoisotopic (exact) mass is 382 g/mol. The molecule has 0 saturated heterocycles. The molecule has 0 fully saturated rings. The van der Waals surface area contributed by atoms with Gasteiger partial charge in [0.15, 0.2) is 0 Å². The van der Waals surface area contributed by atoms with Gasteiger partial charge in [-0.1, -0.05) is 79.6 Å². The van der Waals surface area contributed by atoms with Gasteiger partial charge < -0.3 is 0 Å². The normalized spacial score (nSPS) is 11.6. The first-order valence-corrected chi connectivity index (χ1v) is 10.4. The van der Waals surface area contributed by atoms with Crippen molar-refractivity contribution in [3.63, 3.8) is 0 Å². The third-order valence-electron chi connectivity index (χ3n) is 5.27. The Balaban J connectivity index is 2.02. The highest BCUT2D eigenvalue weighted by molar-refractivity contribution is 5.86. The Hall–Kier alpha value is -3.00. The zero-order valence-corrected chi connectivity index (χ0v) is 18.2. The van der Waals surface area contributed by atoms with Crippen LogP contribution in [0.25, 0.3) is 0 Å². The predicted octanol–water partition coefficient (Wildman–Crippen LogP) is 7.24. The van der Waals surface area contributed by atoms with Gasteiger partial charge in [-0.2, -0.15) is 0 Å². The van der Waals surface area contributed by atoms with Gasteiger partial charge in [-0.05, 0) is 55.9 Å². The Labute approximate surface area is 175 Å². The van der Waals surface area contributed by atoms with Crippen molar-refractivity contribution < 1.29 is 0 Å². The van der Waals surface area contributed by atoms with Crippen LogP contribution in [0.1, 0.15) is 52.8 Å². The van der Waals surface area contributed by atoms with Crippen molar-refractivity contribution in [3.8, 4) is 0 Å². The molecular weight excluding hydrogens is 352 g/mol. The average Bonchev–Trinajstić information content (AvgIpc) is 2.73. The van der Waals surface area contributed by atoms with E-state index in [1.807, 2.05) is 12.4 Å². The van der Waals surface area contributed by atoms with Crippen LogP contribution in [0.15, 0.2) is 64.6 Å². The lowest BCUT2D eigenvalue weighted by Gasteiger charge is -2.14. The van der Waals surface area contributed by atoms with E-state index in [0.717, 1.165) is 40.9 Å². The number of aryl methyl sites for hydroxylation is 4. The summed E-state index contributed by atoms with van der Waals surface area (Å²) in [5.74, 6) is 0. The molecule has 0 amide bonds. The van der Waals surface area contributed by atoms with Gasteiger partial charge in [-0.15, -0.1) is 0 Å². The first kappa shape index (κ1) is 20.7. The fourth-order valence-electron chi connectivity index (χ4n) is 3.42. The van der Waals surface area contributed by atoms with E-state index < -0.39 is 0 Å². The van der Waals surface area contributed by atoms with E-state index >= 15 is 0 Å². The van der Waals surface area contributed by atoms with Gasteiger partial charge in [-0.3, -0.25) is 9.98 Å². The SMILES string of the molecule is CCc1cc(CC)c(N=Cc2ccc(C)cc2)c(C)c1N=Cc1ccc(C)cc1. The minimum Gasteiger partial charge on any atom is -0.256 e. The molecule has 0 unspecified atom stereocenters. The van der Waals surface area contributed by atoms with Crippen LogP contribution in [-0.2, 0) is 12.8 Å². The lowest BCUT2D eigenvalue weighted by Crippen LogP contribution is -1.94. The Bertz CT molecular complexity index is 942. The summed E-state index contributed by atoms with van der Waals surface area (Å²) in [4.78, 5) is 9.76. The van der Waals surface area contributed by atoms with Crippen LogP contribution >= 0.6 is 0 Å². The van der Waals surface area contributed by atoms with E-state index in [4.69, 9.17) is 9.98 Å². The smallest absolute Gasteiger partial charge is 0.0712 e. The summed E-state index contributed by atoms with van der Waals surface area (Å²) >= 11 is 0. The van der Waals surface area contributed by atoms with Crippen LogP contribution in [0.3, 0.4) is 0 Å². The second-order valence-electron chi connectivity index (χ2n) is 7.56. The number of rotatable bonds is 6. The molecule has 0 bridgehead atoms. The van der Waals surface area contributed by atoms with Gasteiger partial charge >= 0.3 is 0 Å². The quantitative estimate of drug-likeness (QED) is 0.401. The molecule has 29 heavy (non-hydrogen) atoms. The molecule has 2 heteroatoms. The van der Waals surface area contributed by atoms with Gasteiger partial charge in [0.2, 0.25) is 0 Å². The van der Waals surface area contributed by atoms with Crippen molar-refractivity contribution >= 4 is 23.8 Å². The van der Waals surface area contributed by atoms with Crippen LogP contribution < -0.4 is 0 Å². The molecule has 3 aromatic carbocycles. The number of nitrogens with zero attached hydrogens (tertiary/aromatic N) is 2. The zero-order chi connectivity index (χ0) is 20.8. The molecule has 0 saturated carbocycles. The summed E-state index contributed by atoms with van der Waals surface area (Å²) in [5.41, 5.74) is 10.5. The zero-order valence-electron chi connectivity index (χ0n) is 18.2. The van der Waals surface area contributed by atoms with Crippen LogP contribution in [0.4, 0.5) is 11.4 Å². The highest BCUT2D eigenvalue weighted by Gasteiger charge is 2.12. The maximum atomic E-state index is 4.88. The van der Waals surface area contributed by atoms with E-state index in [2.05, 4.69) is 89.2 Å². The molecule has 3 aromatic rings. The van der Waals surface area contributed by atoms with E-state index in [1.165, 1.54) is 22.3 Å². The molecule has 0 spiro atoms. The standard InChI is InChI=1S/C27H30N2/c1-6-24-16-25(7-2)27(29-18-23-14-10-20(4)11-15-23)21(5)26(24)28-17-22-12-8-19(3)9-13-22/h8-18H,6-7H2,1-5H3. The molecule has 0 aliphatic rings. The Morgan fingerprint density at radius 2 is 1.00 bits per heavy atom. The van der Waals surface area contributed by atoms with Crippen molar-refractivity contribution in [2.75, 3.05) is 0 Å². The van der Waals surface area contributed by atoms with E-state index in [-0.39, 0.29) is 0 Å². The number of hydrogen-bond acceptors (Lipinski definition) is 2. The van der Waals surface area contributed by atoms with Gasteiger partial charge in [0.1, 0.15) is 0 Å². The summed E-state index contributed by atoms with van der Waals surface area (Å²) in [6.45, 7) is 10.7. The third-order valence-corrected chi connectivity index (χ3v) is 5.27. The number of aliphatic imine (C=N–C) groups is 2. The molecule has 0 heterocycles. The molecule has 0 atom stereocenters. The molecule has 0 aromatic heterocycles. The molecule has 0 radical (unpaired) electrons. The van der Waals surface area contributed by atoms with Crippen molar-refractivity contribution in [2.24, 2.45) is 9.98 Å². The Kier molecular flexibility index (Phi) is 6.77. The molecule has 2 nitrogen and oxygen atoms in total. The molecule has 0 aliphatic heterocycles. The van der Waals surface area contributed by atoms with E-state index in [0.29, 0.717) is 0 Å². The van der Waals surface area contributed by atoms with Crippen molar-refractivity contribution in [3.05, 3.63) is 93.5 Å². The maximum Gasteiger partial charge on any atom is 0.0712 e. The lowest BCUT2D eigenvalue weighted by atomic mass is 9.97. The van der Waals surface area contributed by atoms with Gasteiger partial charge in [0.05, 0.1) is 11.4 Å². The summed E-state index contributed by atoms with van der Waals surface area (Å²) in [7, 11) is 0. The minimum atomic E-state index is 0.955. The molecule has 148 valence electrons. The second-order valence-corrected chi connectivity index (χ2v) is 7.56. The molecule has 0 aliphatic carbocycles. The van der Waals surface area contributed by atoms with Crippen LogP contribution in [0.5, 0.6) is 0 Å². The highest BCUT2D eigenvalue weighted by Crippen LogP contribution is 2.36. The Morgan fingerprint density at radius 3 is 1.34 bits per heavy atom. The number of benzene rings is 3. The molecule has 3 rings (SSSR count). The van der Waals surface area contributed by atoms with Gasteiger partial charge in [0.25, 0.3) is 0 Å². The molecular formula is C27H30N2. The third kappa shape index (κ3) is 5.08. The van der Waals surface area contributed by atoms with Crippen LogP contribution in [-0.4, -0.2) is 12.4 Å². The summed E-state index contributed by atoms with van der Waals surface area (Å²) in [6, 6.07) is 19.2. The van der Waals surface area contributed by atoms with Crippen molar-refractivity contribution in [1.82, 2.24) is 0 Å². The highest BCUT2D eigenvalue weighted by atomic mass is 14.8. The number of hydrogen-bond donors (Lipinski definition) is 0. The van der Waals surface area contributed by atoms with Gasteiger partial charge in [-0.25, -0.2) is 0 Å². The van der Waals surface area contributed by atoms with Gasteiger partial charge in [0, 0.05) is 18.0 Å².